The number of ether oxygens (including phenoxy) is 1. The number of halogens is 2. The van der Waals surface area contributed by atoms with Crippen LogP contribution in [0.3, 0.4) is 0 Å². The Morgan fingerprint density at radius 1 is 1.60 bits per heavy atom. The number of carbonyl (C=O) groups is 1. The van der Waals surface area contributed by atoms with Gasteiger partial charge in [0.1, 0.15) is 11.4 Å². The minimum atomic E-state index is -1.27. The van der Waals surface area contributed by atoms with E-state index in [1.807, 2.05) is 0 Å². The highest BCUT2D eigenvalue weighted by molar-refractivity contribution is 9.10. The van der Waals surface area contributed by atoms with Crippen LogP contribution in [0.2, 0.25) is 0 Å². The second-order valence-corrected chi connectivity index (χ2v) is 4.18. The van der Waals surface area contributed by atoms with Gasteiger partial charge in [-0.15, -0.1) is 0 Å². The molecule has 82 valence electrons. The normalized spacial score (nSPS) is 14.5. The number of carbonyl (C=O) groups excluding carboxylic acids is 1. The second kappa shape index (κ2) is 4.28. The van der Waals surface area contributed by atoms with E-state index in [1.54, 1.807) is 0 Å². The molecule has 1 unspecified atom stereocenters. The summed E-state index contributed by atoms with van der Waals surface area (Å²) >= 11 is 3.03. The number of rotatable bonds is 2. The maximum atomic E-state index is 13.0. The maximum absolute atomic E-state index is 13.0. The van der Waals surface area contributed by atoms with Gasteiger partial charge in [0.05, 0.1) is 11.6 Å². The summed E-state index contributed by atoms with van der Waals surface area (Å²) < 4.78 is 17.8. The minimum Gasteiger partial charge on any atom is -0.467 e. The van der Waals surface area contributed by atoms with Crippen LogP contribution < -0.4 is 5.73 Å². The van der Waals surface area contributed by atoms with E-state index in [1.165, 1.54) is 32.2 Å². The van der Waals surface area contributed by atoms with Gasteiger partial charge in [-0.05, 0) is 40.5 Å². The Bertz CT molecular complexity index is 393. The molecule has 1 aromatic rings. The molecule has 0 bridgehead atoms. The van der Waals surface area contributed by atoms with Gasteiger partial charge in [0.2, 0.25) is 0 Å². The Morgan fingerprint density at radius 3 is 2.67 bits per heavy atom. The van der Waals surface area contributed by atoms with Crippen molar-refractivity contribution in [2.45, 2.75) is 12.5 Å². The van der Waals surface area contributed by atoms with E-state index in [0.717, 1.165) is 0 Å². The number of hydrogen-bond donors (Lipinski definition) is 1. The van der Waals surface area contributed by atoms with Crippen LogP contribution in [-0.4, -0.2) is 13.1 Å². The van der Waals surface area contributed by atoms with E-state index in [9.17, 15) is 9.18 Å². The molecule has 5 heteroatoms. The lowest BCUT2D eigenvalue weighted by molar-refractivity contribution is -0.146. The van der Waals surface area contributed by atoms with E-state index in [2.05, 4.69) is 20.7 Å². The zero-order valence-electron chi connectivity index (χ0n) is 8.38. The first-order chi connectivity index (χ1) is 6.89. The summed E-state index contributed by atoms with van der Waals surface area (Å²) in [5, 5.41) is 0. The fourth-order valence-corrected chi connectivity index (χ4v) is 1.53. The van der Waals surface area contributed by atoms with E-state index >= 15 is 0 Å². The van der Waals surface area contributed by atoms with Crippen LogP contribution in [-0.2, 0) is 15.1 Å². The Balaban J connectivity index is 3.16. The monoisotopic (exact) mass is 275 g/mol. The number of hydrogen-bond acceptors (Lipinski definition) is 3. The predicted molar refractivity (Wildman–Crippen MR) is 57.7 cm³/mol. The van der Waals surface area contributed by atoms with Crippen LogP contribution >= 0.6 is 15.9 Å². The molecule has 1 rings (SSSR count). The molecule has 0 spiro atoms. The second-order valence-electron chi connectivity index (χ2n) is 3.32. The third-order valence-electron chi connectivity index (χ3n) is 2.13. The SMILES string of the molecule is COC(=O)C(C)(N)c1ccc(F)c(Br)c1. The van der Waals surface area contributed by atoms with Crippen LogP contribution in [0.1, 0.15) is 12.5 Å². The first-order valence-corrected chi connectivity index (χ1v) is 5.01. The molecule has 2 N–H and O–H groups in total. The van der Waals surface area contributed by atoms with Crippen LogP contribution in [0.25, 0.3) is 0 Å². The van der Waals surface area contributed by atoms with Gasteiger partial charge in [-0.3, -0.25) is 0 Å². The molecule has 0 fully saturated rings. The highest BCUT2D eigenvalue weighted by Gasteiger charge is 2.32. The molecule has 15 heavy (non-hydrogen) atoms. The molecule has 0 radical (unpaired) electrons. The van der Waals surface area contributed by atoms with Crippen molar-refractivity contribution >= 4 is 21.9 Å². The molecular weight excluding hydrogens is 265 g/mol. The summed E-state index contributed by atoms with van der Waals surface area (Å²) in [5.41, 5.74) is 5.01. The Hall–Kier alpha value is -0.940. The summed E-state index contributed by atoms with van der Waals surface area (Å²) in [5.74, 6) is -0.972. The van der Waals surface area contributed by atoms with Gasteiger partial charge in [-0.1, -0.05) is 6.07 Å². The van der Waals surface area contributed by atoms with Crippen molar-refractivity contribution in [3.63, 3.8) is 0 Å². The van der Waals surface area contributed by atoms with Crippen molar-refractivity contribution in [1.82, 2.24) is 0 Å². The third kappa shape index (κ3) is 2.35. The summed E-state index contributed by atoms with van der Waals surface area (Å²) in [7, 11) is 1.26. The van der Waals surface area contributed by atoms with Gasteiger partial charge < -0.3 is 10.5 Å². The van der Waals surface area contributed by atoms with E-state index in [0.29, 0.717) is 5.56 Å². The molecule has 0 aliphatic carbocycles. The third-order valence-corrected chi connectivity index (χ3v) is 2.74. The molecule has 0 heterocycles. The van der Waals surface area contributed by atoms with Crippen LogP contribution in [0.5, 0.6) is 0 Å². The van der Waals surface area contributed by atoms with E-state index in [-0.39, 0.29) is 4.47 Å². The van der Waals surface area contributed by atoms with Crippen LogP contribution in [0.15, 0.2) is 22.7 Å². The highest BCUT2D eigenvalue weighted by Crippen LogP contribution is 2.24. The summed E-state index contributed by atoms with van der Waals surface area (Å²) in [6.07, 6.45) is 0. The fourth-order valence-electron chi connectivity index (χ4n) is 1.15. The molecular formula is C10H11BrFNO2. The molecule has 0 aromatic heterocycles. The summed E-state index contributed by atoms with van der Waals surface area (Å²) in [6.45, 7) is 1.51. The minimum absolute atomic E-state index is 0.264. The number of esters is 1. The van der Waals surface area contributed by atoms with Crippen molar-refractivity contribution in [2.24, 2.45) is 5.73 Å². The predicted octanol–water partition coefficient (Wildman–Crippen LogP) is 1.94. The average molecular weight is 276 g/mol. The van der Waals surface area contributed by atoms with Gasteiger partial charge in [0.15, 0.2) is 0 Å². The first kappa shape index (κ1) is 12.1. The molecule has 0 aliphatic rings. The van der Waals surface area contributed by atoms with Crippen molar-refractivity contribution in [3.05, 3.63) is 34.1 Å². The largest absolute Gasteiger partial charge is 0.467 e. The highest BCUT2D eigenvalue weighted by atomic mass is 79.9. The summed E-state index contributed by atoms with van der Waals surface area (Å²) in [4.78, 5) is 11.4. The van der Waals surface area contributed by atoms with Gasteiger partial charge in [-0.25, -0.2) is 9.18 Å². The standard InChI is InChI=1S/C10H11BrFNO2/c1-10(13,9(14)15-2)6-3-4-8(12)7(11)5-6/h3-5H,13H2,1-2H3. The van der Waals surface area contributed by atoms with Gasteiger partial charge in [-0.2, -0.15) is 0 Å². The Labute approximate surface area is 95.5 Å². The molecule has 0 aliphatic heterocycles. The number of nitrogens with two attached hydrogens (primary N) is 1. The van der Waals surface area contributed by atoms with Gasteiger partial charge in [0, 0.05) is 0 Å². The Morgan fingerprint density at radius 2 is 2.20 bits per heavy atom. The van der Waals surface area contributed by atoms with E-state index < -0.39 is 17.3 Å². The molecule has 1 aromatic carbocycles. The van der Waals surface area contributed by atoms with Gasteiger partial charge >= 0.3 is 5.97 Å². The lowest BCUT2D eigenvalue weighted by Crippen LogP contribution is -2.42. The number of benzene rings is 1. The maximum Gasteiger partial charge on any atom is 0.330 e. The first-order valence-electron chi connectivity index (χ1n) is 4.22. The zero-order valence-corrected chi connectivity index (χ0v) is 9.97. The number of methoxy groups -OCH3 is 1. The van der Waals surface area contributed by atoms with Crippen LogP contribution in [0.4, 0.5) is 4.39 Å². The lowest BCUT2D eigenvalue weighted by atomic mass is 9.93. The van der Waals surface area contributed by atoms with Crippen molar-refractivity contribution in [2.75, 3.05) is 7.11 Å². The van der Waals surface area contributed by atoms with Crippen molar-refractivity contribution in [3.8, 4) is 0 Å². The van der Waals surface area contributed by atoms with Gasteiger partial charge in [0.25, 0.3) is 0 Å². The topological polar surface area (TPSA) is 52.3 Å². The van der Waals surface area contributed by atoms with Crippen molar-refractivity contribution < 1.29 is 13.9 Å². The fraction of sp³-hybridized carbons (Fsp3) is 0.300. The van der Waals surface area contributed by atoms with E-state index in [4.69, 9.17) is 5.73 Å². The van der Waals surface area contributed by atoms with Crippen LogP contribution in [0, 0.1) is 5.82 Å². The molecule has 1 atom stereocenters. The zero-order chi connectivity index (χ0) is 11.6. The summed E-state index contributed by atoms with van der Waals surface area (Å²) in [6, 6.07) is 4.16. The molecule has 0 saturated carbocycles. The Kier molecular flexibility index (Phi) is 3.46. The molecule has 0 amide bonds. The quantitative estimate of drug-likeness (QED) is 0.840. The smallest absolute Gasteiger partial charge is 0.330 e. The molecule has 0 saturated heterocycles. The average Bonchev–Trinajstić information content (AvgIpc) is 2.20. The van der Waals surface area contributed by atoms with Crippen molar-refractivity contribution in [1.29, 1.82) is 0 Å². The molecule has 3 nitrogen and oxygen atoms in total. The lowest BCUT2D eigenvalue weighted by Gasteiger charge is -2.22.